The summed E-state index contributed by atoms with van der Waals surface area (Å²) in [7, 11) is 1.36. The van der Waals surface area contributed by atoms with Crippen LogP contribution in [0.3, 0.4) is 0 Å². The lowest BCUT2D eigenvalue weighted by atomic mass is 10.2. The number of nitrogens with one attached hydrogen (secondary N) is 1. The quantitative estimate of drug-likeness (QED) is 0.908. The minimum absolute atomic E-state index is 0.425. The van der Waals surface area contributed by atoms with Crippen LogP contribution in [0.2, 0.25) is 5.02 Å². The third kappa shape index (κ3) is 3.00. The maximum Gasteiger partial charge on any atom is 0.406 e. The summed E-state index contributed by atoms with van der Waals surface area (Å²) >= 11 is 7.88. The SMILES string of the molecule is COC(=O)NCCN1c2ccccc2Sc2ccc(Cl)cc21. The number of para-hydroxylation sites is 1. The van der Waals surface area contributed by atoms with Crippen LogP contribution in [-0.4, -0.2) is 26.3 Å². The summed E-state index contributed by atoms with van der Waals surface area (Å²) < 4.78 is 4.60. The van der Waals surface area contributed by atoms with Crippen molar-refractivity contribution in [3.8, 4) is 0 Å². The smallest absolute Gasteiger partial charge is 0.406 e. The first-order valence-corrected chi connectivity index (χ1v) is 8.04. The topological polar surface area (TPSA) is 41.6 Å². The number of carbonyl (C=O) groups excluding carboxylic acids is 1. The van der Waals surface area contributed by atoms with Gasteiger partial charge < -0.3 is 15.0 Å². The Labute approximate surface area is 138 Å². The number of nitrogens with zero attached hydrogens (tertiary/aromatic N) is 1. The van der Waals surface area contributed by atoms with Crippen LogP contribution in [0.25, 0.3) is 0 Å². The summed E-state index contributed by atoms with van der Waals surface area (Å²) in [5.74, 6) is 0. The van der Waals surface area contributed by atoms with Crippen molar-refractivity contribution in [2.24, 2.45) is 0 Å². The van der Waals surface area contributed by atoms with Gasteiger partial charge in [0.1, 0.15) is 0 Å². The Bertz CT molecular complexity index is 708. The molecule has 6 heteroatoms. The Kier molecular flexibility index (Phi) is 4.45. The second-order valence-electron chi connectivity index (χ2n) is 4.75. The van der Waals surface area contributed by atoms with Crippen LogP contribution in [-0.2, 0) is 4.74 Å². The average molecular weight is 335 g/mol. The Hall–Kier alpha value is -1.85. The van der Waals surface area contributed by atoms with E-state index >= 15 is 0 Å². The molecule has 0 aromatic heterocycles. The van der Waals surface area contributed by atoms with Gasteiger partial charge in [-0.15, -0.1) is 0 Å². The van der Waals surface area contributed by atoms with Gasteiger partial charge in [0.15, 0.2) is 0 Å². The van der Waals surface area contributed by atoms with E-state index in [1.807, 2.05) is 30.3 Å². The Morgan fingerprint density at radius 1 is 1.23 bits per heavy atom. The molecule has 1 N–H and O–H groups in total. The fourth-order valence-corrected chi connectivity index (χ4v) is 3.63. The number of ether oxygens (including phenoxy) is 1. The first kappa shape index (κ1) is 15.1. The van der Waals surface area contributed by atoms with Gasteiger partial charge in [-0.25, -0.2) is 4.79 Å². The van der Waals surface area contributed by atoms with Gasteiger partial charge in [0, 0.05) is 27.9 Å². The molecule has 0 saturated carbocycles. The van der Waals surface area contributed by atoms with Gasteiger partial charge in [-0.3, -0.25) is 0 Å². The van der Waals surface area contributed by atoms with Gasteiger partial charge in [-0.05, 0) is 30.3 Å². The lowest BCUT2D eigenvalue weighted by molar-refractivity contribution is 0.171. The molecule has 114 valence electrons. The molecule has 1 amide bonds. The first-order chi connectivity index (χ1) is 10.7. The summed E-state index contributed by atoms with van der Waals surface area (Å²) in [6.07, 6.45) is -0.425. The maximum atomic E-state index is 11.2. The van der Waals surface area contributed by atoms with Gasteiger partial charge >= 0.3 is 6.09 Å². The number of rotatable bonds is 3. The minimum atomic E-state index is -0.425. The van der Waals surface area contributed by atoms with E-state index in [2.05, 4.69) is 27.1 Å². The van der Waals surface area contributed by atoms with Crippen LogP contribution >= 0.6 is 23.4 Å². The van der Waals surface area contributed by atoms with E-state index in [1.54, 1.807) is 11.8 Å². The summed E-state index contributed by atoms with van der Waals surface area (Å²) in [6, 6.07) is 14.1. The Morgan fingerprint density at radius 3 is 2.82 bits per heavy atom. The van der Waals surface area contributed by atoms with E-state index in [4.69, 9.17) is 11.6 Å². The molecule has 2 aromatic carbocycles. The Morgan fingerprint density at radius 2 is 2.00 bits per heavy atom. The van der Waals surface area contributed by atoms with Crippen molar-refractivity contribution < 1.29 is 9.53 Å². The van der Waals surface area contributed by atoms with Crippen LogP contribution < -0.4 is 10.2 Å². The third-order valence-corrected chi connectivity index (χ3v) is 4.74. The van der Waals surface area contributed by atoms with Crippen molar-refractivity contribution in [1.29, 1.82) is 0 Å². The molecule has 1 aliphatic heterocycles. The molecule has 3 rings (SSSR count). The van der Waals surface area contributed by atoms with Crippen molar-refractivity contribution in [3.05, 3.63) is 47.5 Å². The molecule has 1 aliphatic rings. The zero-order valence-corrected chi connectivity index (χ0v) is 13.6. The molecule has 0 radical (unpaired) electrons. The second-order valence-corrected chi connectivity index (χ2v) is 6.27. The monoisotopic (exact) mass is 334 g/mol. The molecule has 0 atom stereocenters. The number of carbonyl (C=O) groups is 1. The van der Waals surface area contributed by atoms with Gasteiger partial charge in [-0.2, -0.15) is 0 Å². The molecule has 2 aromatic rings. The fourth-order valence-electron chi connectivity index (χ4n) is 2.39. The highest BCUT2D eigenvalue weighted by Crippen LogP contribution is 2.48. The fraction of sp³-hybridized carbons (Fsp3) is 0.188. The van der Waals surface area contributed by atoms with E-state index in [9.17, 15) is 4.79 Å². The number of alkyl carbamates (subject to hydrolysis) is 1. The maximum absolute atomic E-state index is 11.2. The van der Waals surface area contributed by atoms with Crippen molar-refractivity contribution in [2.45, 2.75) is 9.79 Å². The van der Waals surface area contributed by atoms with Crippen LogP contribution in [0, 0.1) is 0 Å². The lowest BCUT2D eigenvalue weighted by Gasteiger charge is -2.32. The number of methoxy groups -OCH3 is 1. The van der Waals surface area contributed by atoms with Gasteiger partial charge in [0.25, 0.3) is 0 Å². The Balaban J connectivity index is 1.90. The summed E-state index contributed by atoms with van der Waals surface area (Å²) in [5, 5.41) is 3.41. The molecular formula is C16H15ClN2O2S. The summed E-state index contributed by atoms with van der Waals surface area (Å²) in [4.78, 5) is 15.7. The molecule has 0 saturated heterocycles. The normalized spacial score (nSPS) is 12.4. The standard InChI is InChI=1S/C16H15ClN2O2S/c1-21-16(20)18-8-9-19-12-4-2-3-5-14(12)22-15-7-6-11(17)10-13(15)19/h2-7,10H,8-9H2,1H3,(H,18,20). The zero-order valence-electron chi connectivity index (χ0n) is 12.0. The van der Waals surface area contributed by atoms with Crippen molar-refractivity contribution in [3.63, 3.8) is 0 Å². The highest BCUT2D eigenvalue weighted by Gasteiger charge is 2.23. The van der Waals surface area contributed by atoms with E-state index in [-0.39, 0.29) is 0 Å². The van der Waals surface area contributed by atoms with E-state index < -0.39 is 6.09 Å². The van der Waals surface area contributed by atoms with Gasteiger partial charge in [0.05, 0.1) is 18.5 Å². The van der Waals surface area contributed by atoms with Crippen molar-refractivity contribution >= 4 is 40.8 Å². The zero-order chi connectivity index (χ0) is 15.5. The highest BCUT2D eigenvalue weighted by molar-refractivity contribution is 7.99. The molecule has 22 heavy (non-hydrogen) atoms. The van der Waals surface area contributed by atoms with E-state index in [0.29, 0.717) is 18.1 Å². The molecule has 0 bridgehead atoms. The predicted molar refractivity (Wildman–Crippen MR) is 89.4 cm³/mol. The molecule has 0 unspecified atom stereocenters. The van der Waals surface area contributed by atoms with Gasteiger partial charge in [-0.1, -0.05) is 35.5 Å². The van der Waals surface area contributed by atoms with Crippen LogP contribution in [0.1, 0.15) is 0 Å². The number of benzene rings is 2. The molecular weight excluding hydrogens is 320 g/mol. The largest absolute Gasteiger partial charge is 0.453 e. The molecule has 0 spiro atoms. The van der Waals surface area contributed by atoms with Crippen LogP contribution in [0.4, 0.5) is 16.2 Å². The molecule has 0 aliphatic carbocycles. The van der Waals surface area contributed by atoms with Crippen LogP contribution in [0.15, 0.2) is 52.3 Å². The second kappa shape index (κ2) is 6.50. The lowest BCUT2D eigenvalue weighted by Crippen LogP contribution is -2.33. The number of amides is 1. The first-order valence-electron chi connectivity index (χ1n) is 6.85. The predicted octanol–water partition coefficient (Wildman–Crippen LogP) is 4.30. The third-order valence-electron chi connectivity index (χ3n) is 3.38. The summed E-state index contributed by atoms with van der Waals surface area (Å²) in [5.41, 5.74) is 2.18. The van der Waals surface area contributed by atoms with Crippen molar-refractivity contribution in [1.82, 2.24) is 5.32 Å². The minimum Gasteiger partial charge on any atom is -0.453 e. The van der Waals surface area contributed by atoms with E-state index in [1.165, 1.54) is 12.0 Å². The number of halogens is 1. The van der Waals surface area contributed by atoms with Crippen molar-refractivity contribution in [2.75, 3.05) is 25.1 Å². The number of hydrogen-bond donors (Lipinski definition) is 1. The molecule has 1 heterocycles. The number of anilines is 2. The van der Waals surface area contributed by atoms with E-state index in [0.717, 1.165) is 16.3 Å². The number of fused-ring (bicyclic) bond motifs is 2. The highest BCUT2D eigenvalue weighted by atomic mass is 35.5. The van der Waals surface area contributed by atoms with Gasteiger partial charge in [0.2, 0.25) is 0 Å². The molecule has 4 nitrogen and oxygen atoms in total. The average Bonchev–Trinajstić information content (AvgIpc) is 2.54. The number of hydrogen-bond acceptors (Lipinski definition) is 4. The van der Waals surface area contributed by atoms with Crippen LogP contribution in [0.5, 0.6) is 0 Å². The molecule has 0 fully saturated rings. The summed E-state index contributed by atoms with van der Waals surface area (Å²) in [6.45, 7) is 1.12.